The predicted octanol–water partition coefficient (Wildman–Crippen LogP) is -1.87. The number of sulfonamides is 1. The Labute approximate surface area is 107 Å². The van der Waals surface area contributed by atoms with Gasteiger partial charge in [0.2, 0.25) is 15.9 Å². The highest BCUT2D eigenvalue weighted by Crippen LogP contribution is 2.18. The normalized spacial score (nSPS) is 23.6. The van der Waals surface area contributed by atoms with E-state index in [1.54, 1.807) is 0 Å². The van der Waals surface area contributed by atoms with Crippen LogP contribution in [0.1, 0.15) is 12.8 Å². The fraction of sp³-hybridized carbons (Fsp3) is 0.900. The third-order valence-corrected chi connectivity index (χ3v) is 4.22. The summed E-state index contributed by atoms with van der Waals surface area (Å²) in [5.41, 5.74) is 0. The summed E-state index contributed by atoms with van der Waals surface area (Å²) in [5, 5.41) is 20.2. The number of hydrogen-bond donors (Lipinski definition) is 3. The summed E-state index contributed by atoms with van der Waals surface area (Å²) in [4.78, 5) is 11.8. The van der Waals surface area contributed by atoms with Crippen LogP contribution in [0.15, 0.2) is 0 Å². The number of carbonyl (C=O) groups is 1. The fourth-order valence-corrected chi connectivity index (χ4v) is 2.80. The molecule has 2 unspecified atom stereocenters. The third-order valence-electron chi connectivity index (χ3n) is 2.95. The van der Waals surface area contributed by atoms with Gasteiger partial charge in [0.05, 0.1) is 24.9 Å². The molecule has 0 aromatic carbocycles. The zero-order valence-electron chi connectivity index (χ0n) is 10.4. The summed E-state index contributed by atoms with van der Waals surface area (Å²) in [6.45, 7) is 0.187. The Morgan fingerprint density at radius 1 is 1.56 bits per heavy atom. The Balaban J connectivity index is 2.49. The molecule has 0 aromatic rings. The van der Waals surface area contributed by atoms with Crippen LogP contribution in [-0.4, -0.2) is 67.4 Å². The first kappa shape index (κ1) is 15.4. The first-order valence-corrected chi connectivity index (χ1v) is 7.71. The zero-order valence-corrected chi connectivity index (χ0v) is 11.2. The van der Waals surface area contributed by atoms with Gasteiger partial charge in [-0.2, -0.15) is 0 Å². The Morgan fingerprint density at radius 2 is 2.22 bits per heavy atom. The zero-order chi connectivity index (χ0) is 13.8. The quantitative estimate of drug-likeness (QED) is 0.547. The average Bonchev–Trinajstić information content (AvgIpc) is 2.34. The number of piperidine rings is 1. The van der Waals surface area contributed by atoms with Crippen molar-refractivity contribution in [2.45, 2.75) is 18.9 Å². The number of aliphatic hydroxyl groups is 2. The lowest BCUT2D eigenvalue weighted by atomic mass is 9.99. The summed E-state index contributed by atoms with van der Waals surface area (Å²) in [6.07, 6.45) is 1.42. The summed E-state index contributed by atoms with van der Waals surface area (Å²) in [6, 6.07) is 0. The van der Waals surface area contributed by atoms with Gasteiger partial charge in [-0.05, 0) is 12.8 Å². The highest BCUT2D eigenvalue weighted by molar-refractivity contribution is 7.88. The first-order valence-electron chi connectivity index (χ1n) is 5.86. The van der Waals surface area contributed by atoms with Gasteiger partial charge in [0.15, 0.2) is 0 Å². The van der Waals surface area contributed by atoms with E-state index in [1.807, 2.05) is 0 Å². The summed E-state index contributed by atoms with van der Waals surface area (Å²) in [7, 11) is -3.26. The molecule has 8 heteroatoms. The molecule has 0 spiro atoms. The molecule has 1 heterocycles. The maximum Gasteiger partial charge on any atom is 0.224 e. The van der Waals surface area contributed by atoms with Gasteiger partial charge in [-0.15, -0.1) is 0 Å². The molecular weight excluding hydrogens is 260 g/mol. The average molecular weight is 280 g/mol. The second kappa shape index (κ2) is 6.46. The van der Waals surface area contributed by atoms with E-state index >= 15 is 0 Å². The second-order valence-corrected chi connectivity index (χ2v) is 6.52. The number of aliphatic hydroxyl groups excluding tert-OH is 2. The summed E-state index contributed by atoms with van der Waals surface area (Å²) in [5.74, 6) is -0.671. The van der Waals surface area contributed by atoms with Gasteiger partial charge in [-0.25, -0.2) is 12.7 Å². The van der Waals surface area contributed by atoms with Crippen molar-refractivity contribution in [1.82, 2.24) is 9.62 Å². The SMILES string of the molecule is CS(=O)(=O)N1CCCC(C(=O)NCC(O)CO)C1. The van der Waals surface area contributed by atoms with Crippen LogP contribution >= 0.6 is 0 Å². The molecule has 1 aliphatic heterocycles. The van der Waals surface area contributed by atoms with E-state index in [-0.39, 0.29) is 24.9 Å². The van der Waals surface area contributed by atoms with Crippen molar-refractivity contribution in [3.05, 3.63) is 0 Å². The highest BCUT2D eigenvalue weighted by Gasteiger charge is 2.30. The molecule has 18 heavy (non-hydrogen) atoms. The topological polar surface area (TPSA) is 107 Å². The standard InChI is InChI=1S/C10H20N2O5S/c1-18(16,17)12-4-2-3-8(6-12)10(15)11-5-9(14)7-13/h8-9,13-14H,2-7H2,1H3,(H,11,15). The molecule has 1 amide bonds. The van der Waals surface area contributed by atoms with Crippen molar-refractivity contribution in [2.75, 3.05) is 32.5 Å². The Bertz CT molecular complexity index is 384. The predicted molar refractivity (Wildman–Crippen MR) is 65.2 cm³/mol. The summed E-state index contributed by atoms with van der Waals surface area (Å²) >= 11 is 0. The third kappa shape index (κ3) is 4.52. The van der Waals surface area contributed by atoms with Crippen molar-refractivity contribution < 1.29 is 23.4 Å². The van der Waals surface area contributed by atoms with Crippen LogP contribution in [0.25, 0.3) is 0 Å². The molecule has 0 aliphatic carbocycles. The minimum atomic E-state index is -3.26. The van der Waals surface area contributed by atoms with Crippen LogP contribution in [0.3, 0.4) is 0 Å². The van der Waals surface area contributed by atoms with Crippen LogP contribution in [0, 0.1) is 5.92 Å². The van der Waals surface area contributed by atoms with E-state index in [0.717, 1.165) is 6.26 Å². The smallest absolute Gasteiger partial charge is 0.224 e. The van der Waals surface area contributed by atoms with Gasteiger partial charge < -0.3 is 15.5 Å². The molecule has 2 atom stereocenters. The van der Waals surface area contributed by atoms with Crippen LogP contribution in [0.5, 0.6) is 0 Å². The van der Waals surface area contributed by atoms with Gasteiger partial charge >= 0.3 is 0 Å². The van der Waals surface area contributed by atoms with Crippen molar-refractivity contribution >= 4 is 15.9 Å². The first-order chi connectivity index (χ1) is 8.34. The maximum atomic E-state index is 11.8. The Morgan fingerprint density at radius 3 is 2.78 bits per heavy atom. The lowest BCUT2D eigenvalue weighted by molar-refractivity contribution is -0.126. The van der Waals surface area contributed by atoms with Gasteiger partial charge in [0, 0.05) is 19.6 Å². The number of rotatable bonds is 5. The minimum Gasteiger partial charge on any atom is -0.394 e. The monoisotopic (exact) mass is 280 g/mol. The van der Waals surface area contributed by atoms with Crippen LogP contribution in [-0.2, 0) is 14.8 Å². The van der Waals surface area contributed by atoms with Crippen molar-refractivity contribution in [3.63, 3.8) is 0 Å². The molecule has 106 valence electrons. The van der Waals surface area contributed by atoms with E-state index in [0.29, 0.717) is 19.4 Å². The number of carbonyl (C=O) groups excluding carboxylic acids is 1. The van der Waals surface area contributed by atoms with Crippen LogP contribution < -0.4 is 5.32 Å². The highest BCUT2D eigenvalue weighted by atomic mass is 32.2. The molecule has 0 saturated carbocycles. The van der Waals surface area contributed by atoms with Crippen molar-refractivity contribution in [3.8, 4) is 0 Å². The molecule has 1 aliphatic rings. The van der Waals surface area contributed by atoms with Crippen molar-refractivity contribution in [2.24, 2.45) is 5.92 Å². The maximum absolute atomic E-state index is 11.8. The molecule has 0 bridgehead atoms. The van der Waals surface area contributed by atoms with Crippen LogP contribution in [0.4, 0.5) is 0 Å². The number of amides is 1. The molecular formula is C10H20N2O5S. The van der Waals surface area contributed by atoms with E-state index in [2.05, 4.69) is 5.32 Å². The Kier molecular flexibility index (Phi) is 5.51. The summed E-state index contributed by atoms with van der Waals surface area (Å²) < 4.78 is 24.1. The van der Waals surface area contributed by atoms with Gasteiger partial charge in [-0.1, -0.05) is 0 Å². The number of nitrogens with zero attached hydrogens (tertiary/aromatic N) is 1. The van der Waals surface area contributed by atoms with Crippen molar-refractivity contribution in [1.29, 1.82) is 0 Å². The molecule has 1 fully saturated rings. The lowest BCUT2D eigenvalue weighted by Crippen LogP contribution is -2.46. The number of nitrogens with one attached hydrogen (secondary N) is 1. The largest absolute Gasteiger partial charge is 0.394 e. The molecule has 0 aromatic heterocycles. The number of hydrogen-bond acceptors (Lipinski definition) is 5. The second-order valence-electron chi connectivity index (χ2n) is 4.54. The van der Waals surface area contributed by atoms with E-state index in [1.165, 1.54) is 4.31 Å². The molecule has 1 rings (SSSR count). The van der Waals surface area contributed by atoms with Gasteiger partial charge in [0.1, 0.15) is 0 Å². The van der Waals surface area contributed by atoms with Gasteiger partial charge in [-0.3, -0.25) is 4.79 Å². The Hall–Kier alpha value is -0.700. The lowest BCUT2D eigenvalue weighted by Gasteiger charge is -2.30. The van der Waals surface area contributed by atoms with E-state index in [9.17, 15) is 13.2 Å². The van der Waals surface area contributed by atoms with Crippen LogP contribution in [0.2, 0.25) is 0 Å². The van der Waals surface area contributed by atoms with E-state index < -0.39 is 22.7 Å². The molecule has 1 saturated heterocycles. The fourth-order valence-electron chi connectivity index (χ4n) is 1.88. The van der Waals surface area contributed by atoms with Gasteiger partial charge in [0.25, 0.3) is 0 Å². The van der Waals surface area contributed by atoms with E-state index in [4.69, 9.17) is 10.2 Å². The molecule has 7 nitrogen and oxygen atoms in total. The molecule has 0 radical (unpaired) electrons. The molecule has 3 N–H and O–H groups in total. The minimum absolute atomic E-state index is 0.0231.